The van der Waals surface area contributed by atoms with Gasteiger partial charge in [-0.15, -0.1) is 0 Å². The SMILES string of the molecule is CCN(CC)C(=O)CC1(N)CCCCC1. The molecular weight excluding hydrogens is 188 g/mol. The highest BCUT2D eigenvalue weighted by Crippen LogP contribution is 2.29. The molecule has 0 heterocycles. The van der Waals surface area contributed by atoms with Crippen LogP contribution in [0.15, 0.2) is 0 Å². The maximum atomic E-state index is 11.9. The second kappa shape index (κ2) is 5.50. The molecule has 0 aromatic heterocycles. The van der Waals surface area contributed by atoms with Gasteiger partial charge in [0, 0.05) is 25.0 Å². The van der Waals surface area contributed by atoms with E-state index in [4.69, 9.17) is 5.73 Å². The molecule has 3 nitrogen and oxygen atoms in total. The first-order valence-corrected chi connectivity index (χ1v) is 6.18. The zero-order valence-electron chi connectivity index (χ0n) is 10.1. The largest absolute Gasteiger partial charge is 0.343 e. The summed E-state index contributed by atoms with van der Waals surface area (Å²) in [4.78, 5) is 13.8. The maximum absolute atomic E-state index is 11.9. The summed E-state index contributed by atoms with van der Waals surface area (Å²) in [7, 11) is 0. The fourth-order valence-corrected chi connectivity index (χ4v) is 2.42. The monoisotopic (exact) mass is 212 g/mol. The summed E-state index contributed by atoms with van der Waals surface area (Å²) < 4.78 is 0. The normalized spacial score (nSPS) is 19.9. The van der Waals surface area contributed by atoms with Crippen molar-refractivity contribution in [3.63, 3.8) is 0 Å². The van der Waals surface area contributed by atoms with Gasteiger partial charge in [0.25, 0.3) is 0 Å². The molecule has 0 bridgehead atoms. The molecule has 1 saturated carbocycles. The Morgan fingerprint density at radius 1 is 1.20 bits per heavy atom. The lowest BCUT2D eigenvalue weighted by Crippen LogP contribution is -2.46. The zero-order chi connectivity index (χ0) is 11.3. The molecule has 3 heteroatoms. The van der Waals surface area contributed by atoms with Crippen molar-refractivity contribution in [2.75, 3.05) is 13.1 Å². The summed E-state index contributed by atoms with van der Waals surface area (Å²) in [6.07, 6.45) is 6.21. The van der Waals surface area contributed by atoms with Crippen LogP contribution in [0.5, 0.6) is 0 Å². The molecule has 15 heavy (non-hydrogen) atoms. The Bertz CT molecular complexity index is 206. The number of hydrogen-bond acceptors (Lipinski definition) is 2. The standard InChI is InChI=1S/C12H24N2O/c1-3-14(4-2)11(15)10-12(13)8-6-5-7-9-12/h3-10,13H2,1-2H3. The van der Waals surface area contributed by atoms with Crippen molar-refractivity contribution in [2.45, 2.75) is 57.9 Å². The molecule has 0 spiro atoms. The van der Waals surface area contributed by atoms with E-state index in [0.29, 0.717) is 6.42 Å². The second-order valence-corrected chi connectivity index (χ2v) is 4.67. The molecule has 1 amide bonds. The Balaban J connectivity index is 2.48. The average Bonchev–Trinajstić information content (AvgIpc) is 2.19. The van der Waals surface area contributed by atoms with Gasteiger partial charge in [-0.3, -0.25) is 4.79 Å². The molecule has 1 aliphatic carbocycles. The fourth-order valence-electron chi connectivity index (χ4n) is 2.42. The molecule has 1 fully saturated rings. The molecule has 2 N–H and O–H groups in total. The lowest BCUT2D eigenvalue weighted by atomic mass is 9.80. The lowest BCUT2D eigenvalue weighted by molar-refractivity contribution is -0.132. The van der Waals surface area contributed by atoms with E-state index in [1.165, 1.54) is 19.3 Å². The summed E-state index contributed by atoms with van der Waals surface area (Å²) in [5.41, 5.74) is 6.05. The smallest absolute Gasteiger partial charge is 0.224 e. The van der Waals surface area contributed by atoms with E-state index in [-0.39, 0.29) is 11.4 Å². The minimum absolute atomic E-state index is 0.210. The summed E-state index contributed by atoms with van der Waals surface area (Å²) in [5.74, 6) is 0.226. The Morgan fingerprint density at radius 2 is 1.73 bits per heavy atom. The number of carbonyl (C=O) groups is 1. The van der Waals surface area contributed by atoms with Crippen LogP contribution in [0.2, 0.25) is 0 Å². The second-order valence-electron chi connectivity index (χ2n) is 4.67. The Kier molecular flexibility index (Phi) is 4.58. The van der Waals surface area contributed by atoms with Crippen molar-refractivity contribution < 1.29 is 4.79 Å². The molecule has 0 saturated heterocycles. The maximum Gasteiger partial charge on any atom is 0.224 e. The Morgan fingerprint density at radius 3 is 2.20 bits per heavy atom. The first-order valence-electron chi connectivity index (χ1n) is 6.18. The number of nitrogens with zero attached hydrogens (tertiary/aromatic N) is 1. The van der Waals surface area contributed by atoms with Gasteiger partial charge in [0.2, 0.25) is 5.91 Å². The number of carbonyl (C=O) groups excluding carboxylic acids is 1. The number of nitrogens with two attached hydrogens (primary N) is 1. The van der Waals surface area contributed by atoms with Crippen LogP contribution in [0.1, 0.15) is 52.4 Å². The van der Waals surface area contributed by atoms with E-state index in [0.717, 1.165) is 25.9 Å². The highest BCUT2D eigenvalue weighted by molar-refractivity contribution is 5.77. The summed E-state index contributed by atoms with van der Waals surface area (Å²) in [5, 5.41) is 0. The third-order valence-electron chi connectivity index (χ3n) is 3.47. The van der Waals surface area contributed by atoms with Gasteiger partial charge in [0.05, 0.1) is 0 Å². The Hall–Kier alpha value is -0.570. The van der Waals surface area contributed by atoms with E-state index >= 15 is 0 Å². The van der Waals surface area contributed by atoms with E-state index < -0.39 is 0 Å². The molecule has 0 radical (unpaired) electrons. The molecule has 0 aliphatic heterocycles. The van der Waals surface area contributed by atoms with Gasteiger partial charge in [0.1, 0.15) is 0 Å². The van der Waals surface area contributed by atoms with Crippen LogP contribution in [0.25, 0.3) is 0 Å². The zero-order valence-corrected chi connectivity index (χ0v) is 10.1. The molecular formula is C12H24N2O. The van der Waals surface area contributed by atoms with E-state index in [1.807, 2.05) is 18.7 Å². The first kappa shape index (κ1) is 12.5. The Labute approximate surface area is 93.0 Å². The van der Waals surface area contributed by atoms with Crippen LogP contribution in [-0.2, 0) is 4.79 Å². The van der Waals surface area contributed by atoms with Crippen molar-refractivity contribution in [2.24, 2.45) is 5.73 Å². The third-order valence-corrected chi connectivity index (χ3v) is 3.47. The van der Waals surface area contributed by atoms with Gasteiger partial charge in [-0.2, -0.15) is 0 Å². The fraction of sp³-hybridized carbons (Fsp3) is 0.917. The average molecular weight is 212 g/mol. The molecule has 0 atom stereocenters. The van der Waals surface area contributed by atoms with Crippen LogP contribution in [-0.4, -0.2) is 29.4 Å². The van der Waals surface area contributed by atoms with E-state index in [2.05, 4.69) is 0 Å². The topological polar surface area (TPSA) is 46.3 Å². The van der Waals surface area contributed by atoms with Gasteiger partial charge < -0.3 is 10.6 Å². The highest BCUT2D eigenvalue weighted by Gasteiger charge is 2.31. The van der Waals surface area contributed by atoms with E-state index in [1.54, 1.807) is 0 Å². The summed E-state index contributed by atoms with van der Waals surface area (Å²) in [6, 6.07) is 0. The molecule has 1 rings (SSSR count). The molecule has 1 aliphatic rings. The molecule has 0 unspecified atom stereocenters. The van der Waals surface area contributed by atoms with Crippen LogP contribution in [0.3, 0.4) is 0 Å². The number of amides is 1. The van der Waals surface area contributed by atoms with Crippen molar-refractivity contribution in [3.8, 4) is 0 Å². The van der Waals surface area contributed by atoms with Gasteiger partial charge in [-0.05, 0) is 26.7 Å². The van der Waals surface area contributed by atoms with Gasteiger partial charge >= 0.3 is 0 Å². The molecule has 88 valence electrons. The van der Waals surface area contributed by atoms with Crippen molar-refractivity contribution in [1.82, 2.24) is 4.90 Å². The molecule has 0 aromatic carbocycles. The van der Waals surface area contributed by atoms with Gasteiger partial charge in [-0.1, -0.05) is 19.3 Å². The van der Waals surface area contributed by atoms with Crippen LogP contribution >= 0.6 is 0 Å². The third kappa shape index (κ3) is 3.49. The van der Waals surface area contributed by atoms with Gasteiger partial charge in [-0.25, -0.2) is 0 Å². The van der Waals surface area contributed by atoms with Gasteiger partial charge in [0.15, 0.2) is 0 Å². The number of hydrogen-bond donors (Lipinski definition) is 1. The molecule has 0 aromatic rings. The predicted molar refractivity (Wildman–Crippen MR) is 62.5 cm³/mol. The van der Waals surface area contributed by atoms with Crippen molar-refractivity contribution in [1.29, 1.82) is 0 Å². The summed E-state index contributed by atoms with van der Waals surface area (Å²) in [6.45, 7) is 5.63. The number of rotatable bonds is 4. The quantitative estimate of drug-likeness (QED) is 0.773. The van der Waals surface area contributed by atoms with Crippen LogP contribution in [0.4, 0.5) is 0 Å². The lowest BCUT2D eigenvalue weighted by Gasteiger charge is -2.34. The minimum atomic E-state index is -0.210. The van der Waals surface area contributed by atoms with E-state index in [9.17, 15) is 4.79 Å². The summed E-state index contributed by atoms with van der Waals surface area (Å²) >= 11 is 0. The minimum Gasteiger partial charge on any atom is -0.343 e. The first-order chi connectivity index (χ1) is 7.11. The predicted octanol–water partition coefficient (Wildman–Crippen LogP) is 1.91. The van der Waals surface area contributed by atoms with Crippen molar-refractivity contribution in [3.05, 3.63) is 0 Å². The highest BCUT2D eigenvalue weighted by atomic mass is 16.2. The van der Waals surface area contributed by atoms with Crippen LogP contribution in [0, 0.1) is 0 Å². The van der Waals surface area contributed by atoms with Crippen molar-refractivity contribution >= 4 is 5.91 Å². The van der Waals surface area contributed by atoms with Crippen LogP contribution < -0.4 is 5.73 Å².